The van der Waals surface area contributed by atoms with Gasteiger partial charge in [-0.15, -0.1) is 0 Å². The summed E-state index contributed by atoms with van der Waals surface area (Å²) in [6, 6.07) is 17.2. The fourth-order valence-electron chi connectivity index (χ4n) is 4.44. The molecule has 0 radical (unpaired) electrons. The largest absolute Gasteiger partial charge is 0.481 e. The van der Waals surface area contributed by atoms with Gasteiger partial charge >= 0.3 is 0 Å². The standard InChI is InChI=1S/C28H25N5O3/c1-18-16-32(11-12-33(18)19(2)34)28(35)22-6-4-5-21(13-22)27-24-14-20(7-9-25(24)30-17-31-27)23-8-10-26(36-3)29-15-23/h4-10,13-15,17H,1,11-12,16H2,2-3H3. The highest BCUT2D eigenvalue weighted by Gasteiger charge is 2.26. The van der Waals surface area contributed by atoms with Crippen LogP contribution in [0.5, 0.6) is 5.88 Å². The van der Waals surface area contributed by atoms with Crippen molar-refractivity contribution in [1.82, 2.24) is 24.8 Å². The summed E-state index contributed by atoms with van der Waals surface area (Å²) < 4.78 is 5.16. The van der Waals surface area contributed by atoms with E-state index in [0.29, 0.717) is 36.8 Å². The van der Waals surface area contributed by atoms with Crippen molar-refractivity contribution in [1.29, 1.82) is 0 Å². The number of benzene rings is 2. The van der Waals surface area contributed by atoms with Gasteiger partial charge in [-0.25, -0.2) is 15.0 Å². The lowest BCUT2D eigenvalue weighted by Gasteiger charge is -2.36. The molecular weight excluding hydrogens is 454 g/mol. The fourth-order valence-corrected chi connectivity index (χ4v) is 4.44. The zero-order chi connectivity index (χ0) is 25.2. The Morgan fingerprint density at radius 3 is 2.50 bits per heavy atom. The summed E-state index contributed by atoms with van der Waals surface area (Å²) in [5.41, 5.74) is 5.46. The van der Waals surface area contributed by atoms with Crippen molar-refractivity contribution in [2.75, 3.05) is 26.7 Å². The van der Waals surface area contributed by atoms with Crippen LogP contribution in [0.3, 0.4) is 0 Å². The monoisotopic (exact) mass is 479 g/mol. The summed E-state index contributed by atoms with van der Waals surface area (Å²) in [5, 5.41) is 0.874. The molecule has 2 amide bonds. The third kappa shape index (κ3) is 4.40. The number of aromatic nitrogens is 3. The van der Waals surface area contributed by atoms with Crippen molar-refractivity contribution in [3.63, 3.8) is 0 Å². The molecule has 0 unspecified atom stereocenters. The van der Waals surface area contributed by atoms with Crippen molar-refractivity contribution in [2.45, 2.75) is 6.92 Å². The van der Waals surface area contributed by atoms with E-state index in [1.54, 1.807) is 29.2 Å². The number of hydrogen-bond acceptors (Lipinski definition) is 6. The van der Waals surface area contributed by atoms with E-state index in [1.807, 2.05) is 48.5 Å². The van der Waals surface area contributed by atoms with Crippen LogP contribution >= 0.6 is 0 Å². The minimum absolute atomic E-state index is 0.0606. The van der Waals surface area contributed by atoms with Crippen LogP contribution in [0.4, 0.5) is 0 Å². The molecule has 0 bridgehead atoms. The van der Waals surface area contributed by atoms with Gasteiger partial charge in [0.05, 0.1) is 24.9 Å². The predicted octanol–water partition coefficient (Wildman–Crippen LogP) is 4.19. The van der Waals surface area contributed by atoms with Crippen molar-refractivity contribution in [3.8, 4) is 28.3 Å². The maximum atomic E-state index is 13.3. The van der Waals surface area contributed by atoms with Gasteiger partial charge in [0, 0.05) is 60.1 Å². The Bertz CT molecular complexity index is 1480. The first-order chi connectivity index (χ1) is 17.4. The Morgan fingerprint density at radius 1 is 0.944 bits per heavy atom. The molecule has 1 aliphatic rings. The molecule has 8 heteroatoms. The van der Waals surface area contributed by atoms with E-state index < -0.39 is 0 Å². The third-order valence-corrected chi connectivity index (χ3v) is 6.31. The summed E-state index contributed by atoms with van der Waals surface area (Å²) in [4.78, 5) is 41.7. The molecule has 4 aromatic rings. The highest BCUT2D eigenvalue weighted by molar-refractivity contribution is 5.99. The average molecular weight is 480 g/mol. The molecule has 1 fully saturated rings. The fraction of sp³-hybridized carbons (Fsp3) is 0.179. The summed E-state index contributed by atoms with van der Waals surface area (Å²) in [7, 11) is 1.59. The van der Waals surface area contributed by atoms with Crippen LogP contribution in [0.1, 0.15) is 17.3 Å². The topological polar surface area (TPSA) is 88.5 Å². The number of methoxy groups -OCH3 is 1. The number of rotatable bonds is 4. The van der Waals surface area contributed by atoms with Gasteiger partial charge in [0.15, 0.2) is 0 Å². The zero-order valence-electron chi connectivity index (χ0n) is 20.1. The number of nitrogens with zero attached hydrogens (tertiary/aromatic N) is 5. The number of hydrogen-bond donors (Lipinski definition) is 0. The Morgan fingerprint density at radius 2 is 1.78 bits per heavy atom. The van der Waals surface area contributed by atoms with E-state index in [9.17, 15) is 9.59 Å². The molecule has 8 nitrogen and oxygen atoms in total. The lowest BCUT2D eigenvalue weighted by atomic mass is 10.00. The normalized spacial score (nSPS) is 13.7. The van der Waals surface area contributed by atoms with Gasteiger partial charge in [-0.05, 0) is 35.9 Å². The quantitative estimate of drug-likeness (QED) is 0.436. The number of ether oxygens (including phenoxy) is 1. The maximum Gasteiger partial charge on any atom is 0.254 e. The number of pyridine rings is 1. The Kier molecular flexibility index (Phi) is 6.16. The molecule has 0 atom stereocenters. The second-order valence-corrected chi connectivity index (χ2v) is 8.59. The van der Waals surface area contributed by atoms with Crippen LogP contribution in [-0.4, -0.2) is 63.3 Å². The van der Waals surface area contributed by atoms with Gasteiger partial charge < -0.3 is 14.5 Å². The Labute approximate surface area is 208 Å². The number of amides is 2. The molecule has 180 valence electrons. The van der Waals surface area contributed by atoms with Crippen LogP contribution in [0.15, 0.2) is 79.4 Å². The van der Waals surface area contributed by atoms with Gasteiger partial charge in [-0.2, -0.15) is 0 Å². The average Bonchev–Trinajstić information content (AvgIpc) is 2.92. The van der Waals surface area contributed by atoms with Crippen LogP contribution in [0, 0.1) is 0 Å². The number of carbonyl (C=O) groups is 2. The lowest BCUT2D eigenvalue weighted by molar-refractivity contribution is -0.128. The molecular formula is C28H25N5O3. The van der Waals surface area contributed by atoms with Crippen LogP contribution in [-0.2, 0) is 4.79 Å². The van der Waals surface area contributed by atoms with E-state index in [0.717, 1.165) is 33.3 Å². The Hall–Kier alpha value is -4.59. The lowest BCUT2D eigenvalue weighted by Crippen LogP contribution is -2.48. The van der Waals surface area contributed by atoms with Crippen LogP contribution < -0.4 is 4.74 Å². The molecule has 2 aromatic carbocycles. The molecule has 3 heterocycles. The van der Waals surface area contributed by atoms with Gasteiger partial charge in [-0.3, -0.25) is 9.59 Å². The first kappa shape index (κ1) is 23.2. The molecule has 1 saturated heterocycles. The summed E-state index contributed by atoms with van der Waals surface area (Å²) in [6.07, 6.45) is 3.30. The van der Waals surface area contributed by atoms with E-state index in [-0.39, 0.29) is 11.8 Å². The van der Waals surface area contributed by atoms with Gasteiger partial charge in [0.2, 0.25) is 11.8 Å². The number of piperazine rings is 1. The summed E-state index contributed by atoms with van der Waals surface area (Å²) in [6.45, 7) is 6.69. The first-order valence-corrected chi connectivity index (χ1v) is 11.6. The second kappa shape index (κ2) is 9.58. The summed E-state index contributed by atoms with van der Waals surface area (Å²) >= 11 is 0. The van der Waals surface area contributed by atoms with Crippen molar-refractivity contribution < 1.29 is 14.3 Å². The van der Waals surface area contributed by atoms with Crippen LogP contribution in [0.2, 0.25) is 0 Å². The van der Waals surface area contributed by atoms with E-state index >= 15 is 0 Å². The van der Waals surface area contributed by atoms with Crippen molar-refractivity contribution in [2.24, 2.45) is 0 Å². The molecule has 0 N–H and O–H groups in total. The van der Waals surface area contributed by atoms with E-state index in [4.69, 9.17) is 4.74 Å². The molecule has 0 saturated carbocycles. The van der Waals surface area contributed by atoms with Crippen molar-refractivity contribution >= 4 is 22.7 Å². The zero-order valence-corrected chi connectivity index (χ0v) is 20.1. The minimum atomic E-state index is -0.107. The van der Waals surface area contributed by atoms with Gasteiger partial charge in [0.1, 0.15) is 6.33 Å². The van der Waals surface area contributed by atoms with E-state index in [2.05, 4.69) is 21.5 Å². The summed E-state index contributed by atoms with van der Waals surface area (Å²) in [5.74, 6) is 0.385. The minimum Gasteiger partial charge on any atom is -0.481 e. The molecule has 0 aliphatic carbocycles. The third-order valence-electron chi connectivity index (χ3n) is 6.31. The smallest absolute Gasteiger partial charge is 0.254 e. The van der Waals surface area contributed by atoms with E-state index in [1.165, 1.54) is 13.3 Å². The van der Waals surface area contributed by atoms with Gasteiger partial charge in [-0.1, -0.05) is 24.8 Å². The number of fused-ring (bicyclic) bond motifs is 1. The molecule has 2 aromatic heterocycles. The van der Waals surface area contributed by atoms with Gasteiger partial charge in [0.25, 0.3) is 5.91 Å². The number of carbonyl (C=O) groups excluding carboxylic acids is 2. The first-order valence-electron chi connectivity index (χ1n) is 11.6. The predicted molar refractivity (Wildman–Crippen MR) is 137 cm³/mol. The molecule has 1 aliphatic heterocycles. The highest BCUT2D eigenvalue weighted by Crippen LogP contribution is 2.30. The SMILES string of the molecule is C=C1CN(C(=O)c2cccc(-c3ncnc4ccc(-c5ccc(OC)nc5)cc34)c2)CCN1C(C)=O. The highest BCUT2D eigenvalue weighted by atomic mass is 16.5. The van der Waals surface area contributed by atoms with Crippen LogP contribution in [0.25, 0.3) is 33.3 Å². The Balaban J connectivity index is 1.47. The second-order valence-electron chi connectivity index (χ2n) is 8.59. The maximum absolute atomic E-state index is 13.3. The molecule has 36 heavy (non-hydrogen) atoms. The molecule has 5 rings (SSSR count). The molecule has 0 spiro atoms. The van der Waals surface area contributed by atoms with Crippen molar-refractivity contribution in [3.05, 3.63) is 85.0 Å².